The van der Waals surface area contributed by atoms with E-state index in [1.165, 1.54) is 0 Å². The average Bonchev–Trinajstić information content (AvgIpc) is 2.31. The first-order valence-electron chi connectivity index (χ1n) is 5.12. The smallest absolute Gasteiger partial charge is 0.233 e. The summed E-state index contributed by atoms with van der Waals surface area (Å²) in [6.07, 6.45) is 9.33. The topological polar surface area (TPSA) is 54.0 Å². The quantitative estimate of drug-likeness (QED) is 0.519. The van der Waals surface area contributed by atoms with Gasteiger partial charge >= 0.3 is 0 Å². The number of rotatable bonds is 6. The molecular weight excluding hydrogens is 202 g/mol. The Morgan fingerprint density at radius 2 is 2.19 bits per heavy atom. The molecule has 4 heteroatoms. The lowest BCUT2D eigenvalue weighted by Crippen LogP contribution is -2.35. The van der Waals surface area contributed by atoms with E-state index in [0.717, 1.165) is 12.0 Å². The van der Waals surface area contributed by atoms with Crippen LogP contribution < -0.4 is 10.6 Å². The van der Waals surface area contributed by atoms with Crippen molar-refractivity contribution in [3.63, 3.8) is 0 Å². The molecule has 16 heavy (non-hydrogen) atoms. The number of hydrogen-bond donors (Lipinski definition) is 2. The molecule has 0 spiro atoms. The van der Waals surface area contributed by atoms with Gasteiger partial charge in [-0.2, -0.15) is 0 Å². The molecule has 0 aromatic carbocycles. The van der Waals surface area contributed by atoms with Crippen molar-refractivity contribution in [1.29, 1.82) is 0 Å². The largest absolute Gasteiger partial charge is 0.355 e. The zero-order valence-corrected chi connectivity index (χ0v) is 9.07. The number of carbonyl (C=O) groups is 1. The van der Waals surface area contributed by atoms with Crippen molar-refractivity contribution in [2.75, 3.05) is 19.6 Å². The molecule has 0 fully saturated rings. The van der Waals surface area contributed by atoms with Crippen molar-refractivity contribution >= 4 is 5.91 Å². The van der Waals surface area contributed by atoms with Gasteiger partial charge in [0.2, 0.25) is 5.91 Å². The van der Waals surface area contributed by atoms with Crippen molar-refractivity contribution in [3.05, 3.63) is 30.1 Å². The lowest BCUT2D eigenvalue weighted by atomic mass is 10.2. The van der Waals surface area contributed by atoms with Crippen molar-refractivity contribution in [3.8, 4) is 12.3 Å². The standard InChI is InChI=1S/C12H15N3O/c1-2-6-14-10-12(16)15-9-5-11-3-7-13-8-4-11/h1,3-4,7-8,14H,5-6,9-10H2,(H,15,16). The van der Waals surface area contributed by atoms with E-state index in [-0.39, 0.29) is 12.5 Å². The first kappa shape index (κ1) is 12.2. The van der Waals surface area contributed by atoms with E-state index >= 15 is 0 Å². The van der Waals surface area contributed by atoms with E-state index in [0.29, 0.717) is 13.1 Å². The van der Waals surface area contributed by atoms with Crippen LogP contribution in [0.2, 0.25) is 0 Å². The van der Waals surface area contributed by atoms with Crippen LogP contribution in [0.15, 0.2) is 24.5 Å². The fourth-order valence-corrected chi connectivity index (χ4v) is 1.21. The number of pyridine rings is 1. The molecule has 0 bridgehead atoms. The first-order chi connectivity index (χ1) is 7.83. The molecule has 0 aliphatic heterocycles. The zero-order valence-electron chi connectivity index (χ0n) is 9.07. The molecule has 2 N–H and O–H groups in total. The van der Waals surface area contributed by atoms with Crippen molar-refractivity contribution in [1.82, 2.24) is 15.6 Å². The van der Waals surface area contributed by atoms with Gasteiger partial charge in [0.25, 0.3) is 0 Å². The van der Waals surface area contributed by atoms with E-state index in [4.69, 9.17) is 6.42 Å². The maximum absolute atomic E-state index is 11.3. The fourth-order valence-electron chi connectivity index (χ4n) is 1.21. The van der Waals surface area contributed by atoms with E-state index in [9.17, 15) is 4.79 Å². The lowest BCUT2D eigenvalue weighted by Gasteiger charge is -2.05. The molecule has 1 aromatic rings. The number of terminal acetylenes is 1. The normalized spacial score (nSPS) is 9.44. The Hall–Kier alpha value is -1.86. The van der Waals surface area contributed by atoms with Crippen LogP contribution >= 0.6 is 0 Å². The summed E-state index contributed by atoms with van der Waals surface area (Å²) in [5.74, 6) is 2.37. The summed E-state index contributed by atoms with van der Waals surface area (Å²) in [7, 11) is 0. The molecule has 0 atom stereocenters. The van der Waals surface area contributed by atoms with Crippen LogP contribution in [0.3, 0.4) is 0 Å². The summed E-state index contributed by atoms with van der Waals surface area (Å²) < 4.78 is 0. The Bertz CT molecular complexity index is 356. The highest BCUT2D eigenvalue weighted by Gasteiger charge is 1.98. The average molecular weight is 217 g/mol. The Kier molecular flexibility index (Phi) is 5.67. The molecule has 0 saturated carbocycles. The highest BCUT2D eigenvalue weighted by Crippen LogP contribution is 1.95. The molecule has 0 aliphatic rings. The van der Waals surface area contributed by atoms with Gasteiger partial charge in [0.15, 0.2) is 0 Å². The summed E-state index contributed by atoms with van der Waals surface area (Å²) in [6, 6.07) is 3.87. The second-order valence-electron chi connectivity index (χ2n) is 3.26. The molecule has 0 aliphatic carbocycles. The van der Waals surface area contributed by atoms with Gasteiger partial charge in [-0.05, 0) is 24.1 Å². The second kappa shape index (κ2) is 7.43. The third-order valence-electron chi connectivity index (χ3n) is 2.00. The molecule has 1 amide bonds. The molecule has 1 rings (SSSR count). The molecular formula is C12H15N3O. The number of nitrogens with one attached hydrogen (secondary N) is 2. The number of carbonyl (C=O) groups excluding carboxylic acids is 1. The van der Waals surface area contributed by atoms with Crippen LogP contribution in [0.25, 0.3) is 0 Å². The highest BCUT2D eigenvalue weighted by atomic mass is 16.1. The van der Waals surface area contributed by atoms with Crippen LogP contribution in [0.1, 0.15) is 5.56 Å². The van der Waals surface area contributed by atoms with Gasteiger partial charge in [0.05, 0.1) is 13.1 Å². The van der Waals surface area contributed by atoms with E-state index in [1.807, 2.05) is 12.1 Å². The van der Waals surface area contributed by atoms with Crippen LogP contribution in [-0.2, 0) is 11.2 Å². The van der Waals surface area contributed by atoms with Gasteiger partial charge in [-0.15, -0.1) is 6.42 Å². The minimum Gasteiger partial charge on any atom is -0.355 e. The van der Waals surface area contributed by atoms with Crippen LogP contribution in [-0.4, -0.2) is 30.5 Å². The number of hydrogen-bond acceptors (Lipinski definition) is 3. The summed E-state index contributed by atoms with van der Waals surface area (Å²) in [4.78, 5) is 15.2. The molecule has 0 unspecified atom stereocenters. The van der Waals surface area contributed by atoms with Crippen LogP contribution in [0, 0.1) is 12.3 Å². The second-order valence-corrected chi connectivity index (χ2v) is 3.26. The molecule has 84 valence electrons. The summed E-state index contributed by atoms with van der Waals surface area (Å²) >= 11 is 0. The van der Waals surface area contributed by atoms with Gasteiger partial charge in [-0.1, -0.05) is 5.92 Å². The predicted octanol–water partition coefficient (Wildman–Crippen LogP) is -0.0369. The molecule has 1 aromatic heterocycles. The fraction of sp³-hybridized carbons (Fsp3) is 0.333. The minimum atomic E-state index is -0.0377. The van der Waals surface area contributed by atoms with Gasteiger partial charge in [0.1, 0.15) is 0 Å². The SMILES string of the molecule is C#CCNCC(=O)NCCc1ccncc1. The number of aromatic nitrogens is 1. The highest BCUT2D eigenvalue weighted by molar-refractivity contribution is 5.77. The Labute approximate surface area is 95.5 Å². The third kappa shape index (κ3) is 5.13. The monoisotopic (exact) mass is 217 g/mol. The summed E-state index contributed by atoms with van der Waals surface area (Å²) in [5.41, 5.74) is 1.16. The van der Waals surface area contributed by atoms with Crippen molar-refractivity contribution < 1.29 is 4.79 Å². The molecule has 0 radical (unpaired) electrons. The molecule has 1 heterocycles. The summed E-state index contributed by atoms with van der Waals surface area (Å²) in [5, 5.41) is 5.62. The number of nitrogens with zero attached hydrogens (tertiary/aromatic N) is 1. The van der Waals surface area contributed by atoms with E-state index < -0.39 is 0 Å². The molecule has 0 saturated heterocycles. The zero-order chi connectivity index (χ0) is 11.6. The number of amides is 1. The Balaban J connectivity index is 2.12. The van der Waals surface area contributed by atoms with Crippen LogP contribution in [0.4, 0.5) is 0 Å². The minimum absolute atomic E-state index is 0.0377. The van der Waals surface area contributed by atoms with Gasteiger partial charge in [-0.3, -0.25) is 15.1 Å². The van der Waals surface area contributed by atoms with Gasteiger partial charge in [-0.25, -0.2) is 0 Å². The Morgan fingerprint density at radius 3 is 2.88 bits per heavy atom. The van der Waals surface area contributed by atoms with E-state index in [1.54, 1.807) is 12.4 Å². The van der Waals surface area contributed by atoms with Crippen LogP contribution in [0.5, 0.6) is 0 Å². The van der Waals surface area contributed by atoms with E-state index in [2.05, 4.69) is 21.5 Å². The third-order valence-corrected chi connectivity index (χ3v) is 2.00. The van der Waals surface area contributed by atoms with Gasteiger partial charge < -0.3 is 5.32 Å². The molecule has 4 nitrogen and oxygen atoms in total. The van der Waals surface area contributed by atoms with Crippen molar-refractivity contribution in [2.24, 2.45) is 0 Å². The maximum atomic E-state index is 11.3. The van der Waals surface area contributed by atoms with Gasteiger partial charge in [0, 0.05) is 18.9 Å². The lowest BCUT2D eigenvalue weighted by molar-refractivity contribution is -0.120. The van der Waals surface area contributed by atoms with Crippen molar-refractivity contribution in [2.45, 2.75) is 6.42 Å². The Morgan fingerprint density at radius 1 is 1.44 bits per heavy atom. The first-order valence-corrected chi connectivity index (χ1v) is 5.12. The maximum Gasteiger partial charge on any atom is 0.233 e. The summed E-state index contributed by atoms with van der Waals surface area (Å²) in [6.45, 7) is 1.30. The predicted molar refractivity (Wildman–Crippen MR) is 62.7 cm³/mol.